The number of halogens is 1. The average Bonchev–Trinajstić information content (AvgIpc) is 2.44. The second kappa shape index (κ2) is 6.89. The maximum absolute atomic E-state index is 11.6. The Morgan fingerprint density at radius 2 is 1.95 bits per heavy atom. The number of hydrogen-bond acceptors (Lipinski definition) is 2. The van der Waals surface area contributed by atoms with Crippen molar-refractivity contribution in [3.05, 3.63) is 64.4 Å². The molecule has 19 heavy (non-hydrogen) atoms. The molecule has 1 aromatic heterocycles. The molecule has 0 aliphatic heterocycles. The van der Waals surface area contributed by atoms with Crippen LogP contribution in [0, 0.1) is 0 Å². The van der Waals surface area contributed by atoms with Crippen LogP contribution in [-0.2, 0) is 13.1 Å². The van der Waals surface area contributed by atoms with Gasteiger partial charge < -0.3 is 10.6 Å². The van der Waals surface area contributed by atoms with E-state index in [1.807, 2.05) is 42.5 Å². The predicted octanol–water partition coefficient (Wildman–Crippen LogP) is 2.84. The lowest BCUT2D eigenvalue weighted by atomic mass is 10.2. The van der Waals surface area contributed by atoms with Crippen LogP contribution in [0.4, 0.5) is 4.79 Å². The maximum Gasteiger partial charge on any atom is 0.315 e. The first kappa shape index (κ1) is 13.5. The van der Waals surface area contributed by atoms with E-state index in [4.69, 9.17) is 0 Å². The molecule has 98 valence electrons. The smallest absolute Gasteiger partial charge is 0.315 e. The molecule has 0 saturated carbocycles. The summed E-state index contributed by atoms with van der Waals surface area (Å²) in [6, 6.07) is 13.2. The van der Waals surface area contributed by atoms with Crippen molar-refractivity contribution in [1.82, 2.24) is 15.6 Å². The minimum Gasteiger partial charge on any atom is -0.334 e. The molecule has 0 aliphatic carbocycles. The average molecular weight is 320 g/mol. The Balaban J connectivity index is 1.76. The fraction of sp³-hybridized carbons (Fsp3) is 0.143. The van der Waals surface area contributed by atoms with Crippen LogP contribution >= 0.6 is 15.9 Å². The monoisotopic (exact) mass is 319 g/mol. The summed E-state index contributed by atoms with van der Waals surface area (Å²) in [5, 5.41) is 5.56. The molecule has 0 saturated heterocycles. The number of hydrogen-bond donors (Lipinski definition) is 2. The van der Waals surface area contributed by atoms with Crippen LogP contribution < -0.4 is 10.6 Å². The molecule has 0 unspecified atom stereocenters. The van der Waals surface area contributed by atoms with E-state index in [1.165, 1.54) is 0 Å². The van der Waals surface area contributed by atoms with Crippen molar-refractivity contribution in [2.75, 3.05) is 0 Å². The van der Waals surface area contributed by atoms with Crippen molar-refractivity contribution in [2.45, 2.75) is 13.1 Å². The summed E-state index contributed by atoms with van der Waals surface area (Å²) in [4.78, 5) is 15.7. The summed E-state index contributed by atoms with van der Waals surface area (Å²) < 4.78 is 1.00. The molecule has 0 radical (unpaired) electrons. The van der Waals surface area contributed by atoms with Gasteiger partial charge >= 0.3 is 6.03 Å². The molecule has 2 aromatic rings. The molecule has 2 amide bonds. The van der Waals surface area contributed by atoms with Gasteiger partial charge in [0.15, 0.2) is 0 Å². The van der Waals surface area contributed by atoms with E-state index in [-0.39, 0.29) is 6.03 Å². The summed E-state index contributed by atoms with van der Waals surface area (Å²) >= 11 is 3.39. The van der Waals surface area contributed by atoms with E-state index in [0.717, 1.165) is 15.7 Å². The summed E-state index contributed by atoms with van der Waals surface area (Å²) in [6.45, 7) is 0.915. The molecule has 4 nitrogen and oxygen atoms in total. The van der Waals surface area contributed by atoms with Crippen LogP contribution in [0.3, 0.4) is 0 Å². The van der Waals surface area contributed by atoms with E-state index in [9.17, 15) is 4.79 Å². The molecule has 1 heterocycles. The molecule has 5 heteroatoms. The van der Waals surface area contributed by atoms with Gasteiger partial charge in [0.2, 0.25) is 0 Å². The van der Waals surface area contributed by atoms with E-state index >= 15 is 0 Å². The lowest BCUT2D eigenvalue weighted by molar-refractivity contribution is 0.240. The third-order valence-electron chi connectivity index (χ3n) is 2.50. The molecule has 0 fully saturated rings. The Kier molecular flexibility index (Phi) is 4.92. The fourth-order valence-corrected chi connectivity index (χ4v) is 2.01. The Hall–Kier alpha value is -1.88. The maximum atomic E-state index is 11.6. The van der Waals surface area contributed by atoms with Gasteiger partial charge in [-0.05, 0) is 29.8 Å². The number of rotatable bonds is 4. The first-order valence-corrected chi connectivity index (χ1v) is 6.69. The highest BCUT2D eigenvalue weighted by Gasteiger charge is 2.01. The summed E-state index contributed by atoms with van der Waals surface area (Å²) in [5.41, 5.74) is 1.88. The number of pyridine rings is 1. The zero-order valence-electron chi connectivity index (χ0n) is 10.3. The van der Waals surface area contributed by atoms with E-state index < -0.39 is 0 Å². The Bertz CT molecular complexity index is 545. The van der Waals surface area contributed by atoms with Crippen LogP contribution in [0.25, 0.3) is 0 Å². The van der Waals surface area contributed by atoms with Crippen LogP contribution in [0.5, 0.6) is 0 Å². The zero-order valence-corrected chi connectivity index (χ0v) is 11.9. The van der Waals surface area contributed by atoms with Gasteiger partial charge in [-0.1, -0.05) is 34.1 Å². The van der Waals surface area contributed by atoms with Crippen LogP contribution in [-0.4, -0.2) is 11.0 Å². The normalized spacial score (nSPS) is 9.95. The molecule has 2 rings (SSSR count). The first-order valence-electron chi connectivity index (χ1n) is 5.90. The molecular weight excluding hydrogens is 306 g/mol. The van der Waals surface area contributed by atoms with E-state index in [0.29, 0.717) is 13.1 Å². The summed E-state index contributed by atoms with van der Waals surface area (Å²) in [7, 11) is 0. The largest absolute Gasteiger partial charge is 0.334 e. The minimum absolute atomic E-state index is 0.203. The van der Waals surface area contributed by atoms with E-state index in [2.05, 4.69) is 31.5 Å². The third-order valence-corrected chi connectivity index (χ3v) is 2.99. The van der Waals surface area contributed by atoms with Gasteiger partial charge in [-0.25, -0.2) is 4.79 Å². The topological polar surface area (TPSA) is 54.0 Å². The highest BCUT2D eigenvalue weighted by molar-refractivity contribution is 9.10. The van der Waals surface area contributed by atoms with Crippen molar-refractivity contribution >= 4 is 22.0 Å². The Morgan fingerprint density at radius 3 is 2.68 bits per heavy atom. The Labute approximate surface area is 120 Å². The first-order chi connectivity index (χ1) is 9.24. The van der Waals surface area contributed by atoms with Gasteiger partial charge in [0.05, 0.1) is 12.2 Å². The SMILES string of the molecule is O=C(NCc1cccc(Br)c1)NCc1ccccn1. The number of aromatic nitrogens is 1. The van der Waals surface area contributed by atoms with Crippen molar-refractivity contribution in [3.8, 4) is 0 Å². The lowest BCUT2D eigenvalue weighted by Crippen LogP contribution is -2.34. The second-order valence-electron chi connectivity index (χ2n) is 3.99. The molecule has 1 aromatic carbocycles. The van der Waals surface area contributed by atoms with Crippen molar-refractivity contribution in [1.29, 1.82) is 0 Å². The number of carbonyl (C=O) groups is 1. The van der Waals surface area contributed by atoms with Gasteiger partial charge in [0.25, 0.3) is 0 Å². The predicted molar refractivity (Wildman–Crippen MR) is 77.5 cm³/mol. The Morgan fingerprint density at radius 1 is 1.11 bits per heavy atom. The highest BCUT2D eigenvalue weighted by Crippen LogP contribution is 2.11. The second-order valence-corrected chi connectivity index (χ2v) is 4.90. The number of nitrogens with zero attached hydrogens (tertiary/aromatic N) is 1. The molecule has 0 bridgehead atoms. The fourth-order valence-electron chi connectivity index (χ4n) is 1.57. The molecule has 0 spiro atoms. The van der Waals surface area contributed by atoms with Gasteiger partial charge in [-0.3, -0.25) is 4.98 Å². The van der Waals surface area contributed by atoms with Gasteiger partial charge in [-0.2, -0.15) is 0 Å². The molecular formula is C14H14BrN3O. The number of amides is 2. The lowest BCUT2D eigenvalue weighted by Gasteiger charge is -2.07. The van der Waals surface area contributed by atoms with E-state index in [1.54, 1.807) is 6.20 Å². The molecule has 2 N–H and O–H groups in total. The third kappa shape index (κ3) is 4.71. The molecule has 0 atom stereocenters. The number of nitrogens with one attached hydrogen (secondary N) is 2. The van der Waals surface area contributed by atoms with Crippen LogP contribution in [0.15, 0.2) is 53.1 Å². The van der Waals surface area contributed by atoms with Crippen molar-refractivity contribution in [3.63, 3.8) is 0 Å². The van der Waals surface area contributed by atoms with Crippen molar-refractivity contribution < 1.29 is 4.79 Å². The molecule has 0 aliphatic rings. The van der Waals surface area contributed by atoms with Gasteiger partial charge in [-0.15, -0.1) is 0 Å². The van der Waals surface area contributed by atoms with Gasteiger partial charge in [0, 0.05) is 17.2 Å². The quantitative estimate of drug-likeness (QED) is 0.910. The number of urea groups is 1. The standard InChI is InChI=1S/C14H14BrN3O/c15-12-5-3-4-11(8-12)9-17-14(19)18-10-13-6-1-2-7-16-13/h1-8H,9-10H2,(H2,17,18,19). The number of benzene rings is 1. The van der Waals surface area contributed by atoms with Crippen LogP contribution in [0.2, 0.25) is 0 Å². The van der Waals surface area contributed by atoms with Crippen molar-refractivity contribution in [2.24, 2.45) is 0 Å². The van der Waals surface area contributed by atoms with Gasteiger partial charge in [0.1, 0.15) is 0 Å². The minimum atomic E-state index is -0.203. The summed E-state index contributed by atoms with van der Waals surface area (Å²) in [5.74, 6) is 0. The number of carbonyl (C=O) groups excluding carboxylic acids is 1. The summed E-state index contributed by atoms with van der Waals surface area (Å²) in [6.07, 6.45) is 1.70. The highest BCUT2D eigenvalue weighted by atomic mass is 79.9. The zero-order chi connectivity index (χ0) is 13.5. The van der Waals surface area contributed by atoms with Crippen LogP contribution in [0.1, 0.15) is 11.3 Å².